The Morgan fingerprint density at radius 3 is 2.67 bits per heavy atom. The molecule has 0 bridgehead atoms. The van der Waals surface area contributed by atoms with Gasteiger partial charge in [0.05, 0.1) is 48.9 Å². The fourth-order valence-electron chi connectivity index (χ4n) is 3.05. The first-order chi connectivity index (χ1) is 13.3. The van der Waals surface area contributed by atoms with Gasteiger partial charge in [-0.05, 0) is 17.2 Å². The molecule has 3 heterocycles. The Morgan fingerprint density at radius 2 is 1.93 bits per heavy atom. The molecule has 7 nitrogen and oxygen atoms in total. The van der Waals surface area contributed by atoms with E-state index in [0.29, 0.717) is 25.3 Å². The standard InChI is InChI=1S/C20H21N5O2/c26-20(17-9-18(12-21-11-17)25-5-7-27-8-6-25)23-10-15-1-3-16(4-2-15)19-13-22-14-24-19/h1-4,9,11-14H,5-8,10H2,(H,22,24)(H,23,26). The first kappa shape index (κ1) is 17.2. The predicted molar refractivity (Wildman–Crippen MR) is 102 cm³/mol. The fourth-order valence-corrected chi connectivity index (χ4v) is 3.05. The molecule has 27 heavy (non-hydrogen) atoms. The summed E-state index contributed by atoms with van der Waals surface area (Å²) in [4.78, 5) is 26.0. The van der Waals surface area contributed by atoms with Crippen LogP contribution in [0.25, 0.3) is 11.3 Å². The van der Waals surface area contributed by atoms with E-state index in [1.807, 2.05) is 30.3 Å². The number of carbonyl (C=O) groups excluding carboxylic acids is 1. The maximum absolute atomic E-state index is 12.5. The summed E-state index contributed by atoms with van der Waals surface area (Å²) < 4.78 is 5.37. The van der Waals surface area contributed by atoms with Gasteiger partial charge in [-0.3, -0.25) is 9.78 Å². The van der Waals surface area contributed by atoms with Crippen molar-refractivity contribution < 1.29 is 9.53 Å². The summed E-state index contributed by atoms with van der Waals surface area (Å²) in [5.74, 6) is -0.129. The molecule has 0 atom stereocenters. The van der Waals surface area contributed by atoms with Crippen molar-refractivity contribution in [2.24, 2.45) is 0 Å². The Balaban J connectivity index is 1.38. The zero-order chi connectivity index (χ0) is 18.5. The normalized spacial score (nSPS) is 14.1. The number of hydrogen-bond acceptors (Lipinski definition) is 5. The van der Waals surface area contributed by atoms with Crippen molar-refractivity contribution >= 4 is 11.6 Å². The zero-order valence-electron chi connectivity index (χ0n) is 14.9. The Bertz CT molecular complexity index is 887. The number of imidazole rings is 1. The lowest BCUT2D eigenvalue weighted by atomic mass is 10.1. The van der Waals surface area contributed by atoms with E-state index >= 15 is 0 Å². The minimum absolute atomic E-state index is 0.129. The van der Waals surface area contributed by atoms with Gasteiger partial charge in [-0.25, -0.2) is 4.98 Å². The van der Waals surface area contributed by atoms with Crippen molar-refractivity contribution in [3.05, 3.63) is 66.4 Å². The van der Waals surface area contributed by atoms with Crippen LogP contribution in [0.1, 0.15) is 15.9 Å². The molecule has 0 saturated carbocycles. The van der Waals surface area contributed by atoms with Crippen molar-refractivity contribution in [1.82, 2.24) is 20.3 Å². The number of aromatic amines is 1. The number of nitrogens with one attached hydrogen (secondary N) is 2. The molecular weight excluding hydrogens is 342 g/mol. The molecule has 1 saturated heterocycles. The summed E-state index contributed by atoms with van der Waals surface area (Å²) in [6.45, 7) is 3.49. The van der Waals surface area contributed by atoms with Crippen LogP contribution in [-0.4, -0.2) is 47.2 Å². The topological polar surface area (TPSA) is 83.1 Å². The van der Waals surface area contributed by atoms with Crippen LogP contribution >= 0.6 is 0 Å². The van der Waals surface area contributed by atoms with Crippen molar-refractivity contribution in [1.29, 1.82) is 0 Å². The minimum atomic E-state index is -0.129. The van der Waals surface area contributed by atoms with Gasteiger partial charge < -0.3 is 19.9 Å². The molecule has 1 aliphatic heterocycles. The summed E-state index contributed by atoms with van der Waals surface area (Å²) in [5, 5.41) is 2.96. The zero-order valence-corrected chi connectivity index (χ0v) is 14.9. The van der Waals surface area contributed by atoms with Crippen LogP contribution in [0.4, 0.5) is 5.69 Å². The minimum Gasteiger partial charge on any atom is -0.378 e. The third-order valence-corrected chi connectivity index (χ3v) is 4.58. The molecule has 3 aromatic rings. The van der Waals surface area contributed by atoms with E-state index in [4.69, 9.17) is 4.74 Å². The Kier molecular flexibility index (Phi) is 5.11. The van der Waals surface area contributed by atoms with Crippen molar-refractivity contribution in [3.63, 3.8) is 0 Å². The highest BCUT2D eigenvalue weighted by Gasteiger charge is 2.14. The number of rotatable bonds is 5. The molecule has 7 heteroatoms. The number of anilines is 1. The number of H-pyrrole nitrogens is 1. The lowest BCUT2D eigenvalue weighted by Gasteiger charge is -2.28. The first-order valence-electron chi connectivity index (χ1n) is 8.93. The third kappa shape index (κ3) is 4.15. The van der Waals surface area contributed by atoms with Crippen LogP contribution in [0.2, 0.25) is 0 Å². The maximum atomic E-state index is 12.5. The molecule has 2 N–H and O–H groups in total. The Hall–Kier alpha value is -3.19. The second-order valence-corrected chi connectivity index (χ2v) is 6.38. The quantitative estimate of drug-likeness (QED) is 0.726. The summed E-state index contributed by atoms with van der Waals surface area (Å²) in [7, 11) is 0. The average Bonchev–Trinajstić information content (AvgIpc) is 3.28. The van der Waals surface area contributed by atoms with E-state index < -0.39 is 0 Å². The van der Waals surface area contributed by atoms with Crippen LogP contribution in [-0.2, 0) is 11.3 Å². The van der Waals surface area contributed by atoms with Crippen LogP contribution in [0.3, 0.4) is 0 Å². The SMILES string of the molecule is O=C(NCc1ccc(-c2cnc[nH]2)cc1)c1cncc(N2CCOCC2)c1. The summed E-state index contributed by atoms with van der Waals surface area (Å²) in [6, 6.07) is 9.90. The van der Waals surface area contributed by atoms with Gasteiger partial charge in [0.25, 0.3) is 5.91 Å². The molecule has 0 spiro atoms. The average molecular weight is 363 g/mol. The highest BCUT2D eigenvalue weighted by atomic mass is 16.5. The molecule has 0 radical (unpaired) electrons. The van der Waals surface area contributed by atoms with Crippen molar-refractivity contribution in [2.45, 2.75) is 6.54 Å². The highest BCUT2D eigenvalue weighted by Crippen LogP contribution is 2.17. The smallest absolute Gasteiger partial charge is 0.253 e. The molecule has 1 amide bonds. The Labute approximate surface area is 157 Å². The van der Waals surface area contributed by atoms with Crippen LogP contribution in [0, 0.1) is 0 Å². The predicted octanol–water partition coefficient (Wildman–Crippen LogP) is 2.24. The Morgan fingerprint density at radius 1 is 1.11 bits per heavy atom. The fraction of sp³-hybridized carbons (Fsp3) is 0.250. The second-order valence-electron chi connectivity index (χ2n) is 6.38. The number of carbonyl (C=O) groups is 1. The third-order valence-electron chi connectivity index (χ3n) is 4.58. The number of ether oxygens (including phenoxy) is 1. The highest BCUT2D eigenvalue weighted by molar-refractivity contribution is 5.94. The van der Waals surface area contributed by atoms with E-state index in [9.17, 15) is 4.79 Å². The second kappa shape index (κ2) is 8.01. The van der Waals surface area contributed by atoms with E-state index in [-0.39, 0.29) is 5.91 Å². The van der Waals surface area contributed by atoms with E-state index in [1.165, 1.54) is 0 Å². The van der Waals surface area contributed by atoms with Gasteiger partial charge in [0.15, 0.2) is 0 Å². The first-order valence-corrected chi connectivity index (χ1v) is 8.93. The van der Waals surface area contributed by atoms with Crippen LogP contribution in [0.5, 0.6) is 0 Å². The number of morpholine rings is 1. The molecular formula is C20H21N5O2. The molecule has 0 aliphatic carbocycles. The van der Waals surface area contributed by atoms with Crippen molar-refractivity contribution in [2.75, 3.05) is 31.2 Å². The van der Waals surface area contributed by atoms with Crippen LogP contribution < -0.4 is 10.2 Å². The van der Waals surface area contributed by atoms with Crippen LogP contribution in [0.15, 0.2) is 55.2 Å². The van der Waals surface area contributed by atoms with Gasteiger partial charge >= 0.3 is 0 Å². The monoisotopic (exact) mass is 363 g/mol. The van der Waals surface area contributed by atoms with Gasteiger partial charge in [-0.1, -0.05) is 24.3 Å². The molecule has 1 fully saturated rings. The largest absolute Gasteiger partial charge is 0.378 e. The number of hydrogen-bond donors (Lipinski definition) is 2. The van der Waals surface area contributed by atoms with Gasteiger partial charge in [-0.15, -0.1) is 0 Å². The van der Waals surface area contributed by atoms with E-state index in [1.54, 1.807) is 24.9 Å². The van der Waals surface area contributed by atoms with Gasteiger partial charge in [0.2, 0.25) is 0 Å². The maximum Gasteiger partial charge on any atom is 0.253 e. The molecule has 2 aromatic heterocycles. The van der Waals surface area contributed by atoms with Gasteiger partial charge in [0, 0.05) is 25.8 Å². The molecule has 1 aliphatic rings. The lowest BCUT2D eigenvalue weighted by Crippen LogP contribution is -2.36. The number of benzene rings is 1. The number of aromatic nitrogens is 3. The number of nitrogens with zero attached hydrogens (tertiary/aromatic N) is 3. The molecule has 1 aromatic carbocycles. The summed E-state index contributed by atoms with van der Waals surface area (Å²) >= 11 is 0. The molecule has 4 rings (SSSR count). The summed E-state index contributed by atoms with van der Waals surface area (Å²) in [6.07, 6.45) is 6.82. The van der Waals surface area contributed by atoms with Crippen molar-refractivity contribution in [3.8, 4) is 11.3 Å². The number of amides is 1. The van der Waals surface area contributed by atoms with E-state index in [0.717, 1.165) is 35.6 Å². The molecule has 138 valence electrons. The van der Waals surface area contributed by atoms with Gasteiger partial charge in [0.1, 0.15) is 0 Å². The lowest BCUT2D eigenvalue weighted by molar-refractivity contribution is 0.0950. The van der Waals surface area contributed by atoms with Gasteiger partial charge in [-0.2, -0.15) is 0 Å². The summed E-state index contributed by atoms with van der Waals surface area (Å²) in [5.41, 5.74) is 4.58. The number of pyridine rings is 1. The van der Waals surface area contributed by atoms with E-state index in [2.05, 4.69) is 25.2 Å². The molecule has 0 unspecified atom stereocenters.